The third kappa shape index (κ3) is 3.07. The lowest BCUT2D eigenvalue weighted by Crippen LogP contribution is -2.30. The number of carbonyl (C=O) groups is 1. The molecule has 1 aliphatic heterocycles. The molecule has 1 saturated heterocycles. The third-order valence-corrected chi connectivity index (χ3v) is 3.89. The van der Waals surface area contributed by atoms with Gasteiger partial charge in [-0.15, -0.1) is 5.10 Å². The molecule has 7 nitrogen and oxygen atoms in total. The zero-order valence-electron chi connectivity index (χ0n) is 13.1. The summed E-state index contributed by atoms with van der Waals surface area (Å²) in [5.41, 5.74) is 0.534. The van der Waals surface area contributed by atoms with Gasteiger partial charge in [0.25, 0.3) is 5.91 Å². The Bertz CT molecular complexity index is 718. The maximum Gasteiger partial charge on any atom is 0.256 e. The predicted molar refractivity (Wildman–Crippen MR) is 79.8 cm³/mol. The van der Waals surface area contributed by atoms with E-state index >= 15 is 0 Å². The summed E-state index contributed by atoms with van der Waals surface area (Å²) >= 11 is 0. The first-order valence-corrected chi connectivity index (χ1v) is 7.56. The van der Waals surface area contributed by atoms with Crippen LogP contribution in [0.3, 0.4) is 0 Å². The van der Waals surface area contributed by atoms with Crippen LogP contribution in [-0.4, -0.2) is 56.8 Å². The zero-order chi connectivity index (χ0) is 16.4. The molecule has 1 aliphatic rings. The Balaban J connectivity index is 1.79. The largest absolute Gasteiger partial charge is 0.377 e. The fourth-order valence-electron chi connectivity index (χ4n) is 2.73. The summed E-state index contributed by atoms with van der Waals surface area (Å²) in [7, 11) is 0. The number of hydrogen-bond acceptors (Lipinski definition) is 5. The fourth-order valence-corrected chi connectivity index (χ4v) is 2.73. The van der Waals surface area contributed by atoms with E-state index in [1.165, 1.54) is 16.8 Å². The van der Waals surface area contributed by atoms with Gasteiger partial charge in [-0.3, -0.25) is 4.79 Å². The van der Waals surface area contributed by atoms with Gasteiger partial charge >= 0.3 is 0 Å². The van der Waals surface area contributed by atoms with E-state index in [0.29, 0.717) is 31.2 Å². The normalized spacial score (nSPS) is 17.7. The highest BCUT2D eigenvalue weighted by atomic mass is 19.1. The van der Waals surface area contributed by atoms with Crippen LogP contribution in [0.1, 0.15) is 29.5 Å². The molecule has 0 bridgehead atoms. The van der Waals surface area contributed by atoms with Crippen LogP contribution in [0.4, 0.5) is 4.39 Å². The maximum atomic E-state index is 14.4. The van der Waals surface area contributed by atoms with Gasteiger partial charge in [0, 0.05) is 25.8 Å². The van der Waals surface area contributed by atoms with Gasteiger partial charge in [-0.25, -0.2) is 4.39 Å². The lowest BCUT2D eigenvalue weighted by Gasteiger charge is -2.17. The number of nitrogens with zero attached hydrogens (tertiary/aromatic N) is 5. The standard InChI is InChI=1S/C15H18FN5O2/c1-3-23-12-6-7-20(9-12)15(22)13-5-4-11(8-14(13)16)21-10(2)17-18-19-21/h4-5,8,12H,3,6-7,9H2,1-2H3/t12-/m0/s1. The number of likely N-dealkylation sites (tertiary alicyclic amines) is 1. The van der Waals surface area contributed by atoms with E-state index in [0.717, 1.165) is 6.42 Å². The van der Waals surface area contributed by atoms with Crippen LogP contribution in [0.15, 0.2) is 18.2 Å². The number of benzene rings is 1. The molecule has 1 aromatic carbocycles. The Morgan fingerprint density at radius 2 is 2.30 bits per heavy atom. The molecule has 1 fully saturated rings. The fraction of sp³-hybridized carbons (Fsp3) is 0.467. The topological polar surface area (TPSA) is 73.1 Å². The van der Waals surface area contributed by atoms with Crippen molar-refractivity contribution < 1.29 is 13.9 Å². The van der Waals surface area contributed by atoms with Gasteiger partial charge in [0.15, 0.2) is 5.82 Å². The monoisotopic (exact) mass is 319 g/mol. The van der Waals surface area contributed by atoms with Crippen molar-refractivity contribution in [3.05, 3.63) is 35.4 Å². The van der Waals surface area contributed by atoms with Gasteiger partial charge in [0.1, 0.15) is 5.82 Å². The number of ether oxygens (including phenoxy) is 1. The Hall–Kier alpha value is -2.35. The van der Waals surface area contributed by atoms with Crippen molar-refractivity contribution in [2.45, 2.75) is 26.4 Å². The maximum absolute atomic E-state index is 14.4. The van der Waals surface area contributed by atoms with E-state index in [9.17, 15) is 9.18 Å². The van der Waals surface area contributed by atoms with Crippen LogP contribution in [0.25, 0.3) is 5.69 Å². The molecule has 23 heavy (non-hydrogen) atoms. The van der Waals surface area contributed by atoms with Crippen LogP contribution in [0.2, 0.25) is 0 Å². The zero-order valence-corrected chi connectivity index (χ0v) is 13.1. The van der Waals surface area contributed by atoms with Crippen molar-refractivity contribution in [3.8, 4) is 5.69 Å². The Morgan fingerprint density at radius 1 is 1.48 bits per heavy atom. The smallest absolute Gasteiger partial charge is 0.256 e. The summed E-state index contributed by atoms with van der Waals surface area (Å²) < 4.78 is 21.3. The number of halogens is 1. The van der Waals surface area contributed by atoms with Crippen molar-refractivity contribution in [2.75, 3.05) is 19.7 Å². The SMILES string of the molecule is CCO[C@H]1CCN(C(=O)c2ccc(-n3nnnc3C)cc2F)C1. The second kappa shape index (κ2) is 6.41. The molecule has 0 spiro atoms. The summed E-state index contributed by atoms with van der Waals surface area (Å²) in [4.78, 5) is 14.1. The molecule has 0 aliphatic carbocycles. The van der Waals surface area contributed by atoms with Gasteiger partial charge in [-0.05, 0) is 42.8 Å². The second-order valence-corrected chi connectivity index (χ2v) is 5.42. The molecule has 0 unspecified atom stereocenters. The van der Waals surface area contributed by atoms with Crippen molar-refractivity contribution in [3.63, 3.8) is 0 Å². The van der Waals surface area contributed by atoms with E-state index < -0.39 is 5.82 Å². The van der Waals surface area contributed by atoms with E-state index in [4.69, 9.17) is 4.74 Å². The van der Waals surface area contributed by atoms with Crippen LogP contribution in [0, 0.1) is 12.7 Å². The molecular formula is C15H18FN5O2. The molecular weight excluding hydrogens is 301 g/mol. The van der Waals surface area contributed by atoms with Crippen LogP contribution < -0.4 is 0 Å². The summed E-state index contributed by atoms with van der Waals surface area (Å²) in [5.74, 6) is -0.352. The highest BCUT2D eigenvalue weighted by Crippen LogP contribution is 2.20. The third-order valence-electron chi connectivity index (χ3n) is 3.89. The number of amides is 1. The van der Waals surface area contributed by atoms with Crippen LogP contribution in [0.5, 0.6) is 0 Å². The minimum Gasteiger partial charge on any atom is -0.377 e. The number of aromatic nitrogens is 4. The van der Waals surface area contributed by atoms with Crippen molar-refractivity contribution in [1.29, 1.82) is 0 Å². The number of carbonyl (C=O) groups excluding carboxylic acids is 1. The molecule has 0 N–H and O–H groups in total. The molecule has 1 aromatic heterocycles. The molecule has 2 heterocycles. The minimum atomic E-state index is -0.581. The van der Waals surface area contributed by atoms with Crippen LogP contribution in [-0.2, 0) is 4.74 Å². The molecule has 0 radical (unpaired) electrons. The van der Waals surface area contributed by atoms with E-state index in [1.54, 1.807) is 17.9 Å². The summed E-state index contributed by atoms with van der Waals surface area (Å²) in [6, 6.07) is 4.38. The van der Waals surface area contributed by atoms with Crippen LogP contribution >= 0.6 is 0 Å². The number of tetrazole rings is 1. The van der Waals surface area contributed by atoms with Gasteiger partial charge in [0.05, 0.1) is 17.4 Å². The van der Waals surface area contributed by atoms with Gasteiger partial charge in [0.2, 0.25) is 0 Å². The first-order chi connectivity index (χ1) is 11.1. The highest BCUT2D eigenvalue weighted by Gasteiger charge is 2.28. The molecule has 0 saturated carbocycles. The molecule has 1 atom stereocenters. The van der Waals surface area contributed by atoms with E-state index in [1.807, 2.05) is 6.92 Å². The number of aryl methyl sites for hydroxylation is 1. The Labute approximate surface area is 133 Å². The average molecular weight is 319 g/mol. The predicted octanol–water partition coefficient (Wildman–Crippen LogP) is 1.36. The van der Waals surface area contributed by atoms with Gasteiger partial charge in [-0.2, -0.15) is 4.68 Å². The number of rotatable bonds is 4. The van der Waals surface area contributed by atoms with Gasteiger partial charge < -0.3 is 9.64 Å². The molecule has 122 valence electrons. The quantitative estimate of drug-likeness (QED) is 0.851. The molecule has 8 heteroatoms. The van der Waals surface area contributed by atoms with E-state index in [-0.39, 0.29) is 17.6 Å². The molecule has 1 amide bonds. The van der Waals surface area contributed by atoms with Crippen molar-refractivity contribution in [1.82, 2.24) is 25.1 Å². The summed E-state index contributed by atoms with van der Waals surface area (Å²) in [5, 5.41) is 11.1. The van der Waals surface area contributed by atoms with Gasteiger partial charge in [-0.1, -0.05) is 0 Å². The summed E-state index contributed by atoms with van der Waals surface area (Å²) in [6.45, 7) is 5.33. The number of hydrogen-bond donors (Lipinski definition) is 0. The second-order valence-electron chi connectivity index (χ2n) is 5.42. The van der Waals surface area contributed by atoms with Crippen molar-refractivity contribution >= 4 is 5.91 Å². The lowest BCUT2D eigenvalue weighted by atomic mass is 10.1. The van der Waals surface area contributed by atoms with E-state index in [2.05, 4.69) is 15.5 Å². The van der Waals surface area contributed by atoms with Crippen molar-refractivity contribution in [2.24, 2.45) is 0 Å². The first-order valence-electron chi connectivity index (χ1n) is 7.56. The Kier molecular flexibility index (Phi) is 4.33. The first kappa shape index (κ1) is 15.5. The molecule has 2 aromatic rings. The minimum absolute atomic E-state index is 0.0372. The molecule has 3 rings (SSSR count). The average Bonchev–Trinajstić information content (AvgIpc) is 3.16. The lowest BCUT2D eigenvalue weighted by molar-refractivity contribution is 0.0596. The Morgan fingerprint density at radius 3 is 2.96 bits per heavy atom. The highest BCUT2D eigenvalue weighted by molar-refractivity contribution is 5.94. The summed E-state index contributed by atoms with van der Waals surface area (Å²) in [6.07, 6.45) is 0.818.